The molecular weight excluding hydrogens is 176 g/mol. The van der Waals surface area contributed by atoms with Crippen LogP contribution in [0.3, 0.4) is 0 Å². The second-order valence-electron chi connectivity index (χ2n) is 3.82. The van der Waals surface area contributed by atoms with Crippen LogP contribution in [0.15, 0.2) is 0 Å². The lowest BCUT2D eigenvalue weighted by Gasteiger charge is -2.21. The highest BCUT2D eigenvalue weighted by Crippen LogP contribution is 2.36. The van der Waals surface area contributed by atoms with Gasteiger partial charge in [0, 0.05) is 0 Å². The molecule has 0 aromatic carbocycles. The van der Waals surface area contributed by atoms with E-state index >= 15 is 0 Å². The summed E-state index contributed by atoms with van der Waals surface area (Å²) in [5, 5.41) is 18.4. The lowest BCUT2D eigenvalue weighted by molar-refractivity contribution is -0.218. The molecule has 2 N–H and O–H groups in total. The molecule has 0 saturated carbocycles. The fraction of sp³-hybridized carbons (Fsp3) is 1.00. The topological polar surface area (TPSA) is 68.2 Å². The number of hydrogen-bond acceptors (Lipinski definition) is 5. The van der Waals surface area contributed by atoms with Gasteiger partial charge in [0.2, 0.25) is 0 Å². The van der Waals surface area contributed by atoms with Gasteiger partial charge in [-0.25, -0.2) is 0 Å². The molecule has 2 saturated heterocycles. The van der Waals surface area contributed by atoms with Crippen molar-refractivity contribution in [3.63, 3.8) is 0 Å². The summed E-state index contributed by atoms with van der Waals surface area (Å²) in [6.07, 6.45) is -2.43. The van der Waals surface area contributed by atoms with Crippen LogP contribution in [0.2, 0.25) is 0 Å². The van der Waals surface area contributed by atoms with E-state index in [1.807, 2.05) is 0 Å². The van der Waals surface area contributed by atoms with Gasteiger partial charge in [0.1, 0.15) is 18.3 Å². The minimum Gasteiger partial charge on any atom is -0.394 e. The molecule has 0 amide bonds. The van der Waals surface area contributed by atoms with Gasteiger partial charge in [-0.05, 0) is 13.8 Å². The van der Waals surface area contributed by atoms with Crippen molar-refractivity contribution in [1.29, 1.82) is 0 Å². The third-order valence-electron chi connectivity index (χ3n) is 2.29. The molecule has 0 aromatic rings. The minimum absolute atomic E-state index is 0.221. The summed E-state index contributed by atoms with van der Waals surface area (Å²) in [6.45, 7) is 3.30. The molecule has 5 heteroatoms. The summed E-state index contributed by atoms with van der Waals surface area (Å²) in [6, 6.07) is 0. The second kappa shape index (κ2) is 2.90. The van der Waals surface area contributed by atoms with Crippen LogP contribution >= 0.6 is 0 Å². The largest absolute Gasteiger partial charge is 0.394 e. The quantitative estimate of drug-likeness (QED) is 0.567. The number of rotatable bonds is 1. The lowest BCUT2D eigenvalue weighted by atomic mass is 10.1. The Morgan fingerprint density at radius 2 is 2.00 bits per heavy atom. The average Bonchev–Trinajstić information content (AvgIpc) is 2.47. The molecular formula is C8H14O5. The Balaban J connectivity index is 2.07. The average molecular weight is 190 g/mol. The van der Waals surface area contributed by atoms with Crippen molar-refractivity contribution in [3.8, 4) is 0 Å². The molecule has 76 valence electrons. The smallest absolute Gasteiger partial charge is 0.190 e. The molecule has 5 nitrogen and oxygen atoms in total. The van der Waals surface area contributed by atoms with Crippen LogP contribution in [0.4, 0.5) is 0 Å². The van der Waals surface area contributed by atoms with Gasteiger partial charge in [0.05, 0.1) is 6.61 Å². The van der Waals surface area contributed by atoms with Crippen LogP contribution in [-0.2, 0) is 14.2 Å². The first-order valence-corrected chi connectivity index (χ1v) is 4.33. The maximum absolute atomic E-state index is 9.60. The molecule has 2 fully saturated rings. The number of hydrogen-bond donors (Lipinski definition) is 2. The highest BCUT2D eigenvalue weighted by molar-refractivity contribution is 4.92. The van der Waals surface area contributed by atoms with E-state index < -0.39 is 30.4 Å². The fourth-order valence-corrected chi connectivity index (χ4v) is 1.71. The zero-order chi connectivity index (χ0) is 9.64. The first kappa shape index (κ1) is 9.36. The van der Waals surface area contributed by atoms with Crippen LogP contribution in [0.25, 0.3) is 0 Å². The summed E-state index contributed by atoms with van der Waals surface area (Å²) < 4.78 is 16.0. The van der Waals surface area contributed by atoms with Crippen LogP contribution in [0, 0.1) is 0 Å². The van der Waals surface area contributed by atoms with Gasteiger partial charge in [-0.15, -0.1) is 0 Å². The van der Waals surface area contributed by atoms with Crippen LogP contribution in [-0.4, -0.2) is 47.2 Å². The first-order chi connectivity index (χ1) is 6.03. The van der Waals surface area contributed by atoms with Gasteiger partial charge in [-0.1, -0.05) is 0 Å². The highest BCUT2D eigenvalue weighted by Gasteiger charge is 2.53. The molecule has 2 rings (SSSR count). The van der Waals surface area contributed by atoms with E-state index in [1.165, 1.54) is 0 Å². The summed E-state index contributed by atoms with van der Waals surface area (Å²) in [7, 11) is 0. The van der Waals surface area contributed by atoms with Crippen molar-refractivity contribution in [1.82, 2.24) is 0 Å². The van der Waals surface area contributed by atoms with Crippen LogP contribution in [0.1, 0.15) is 13.8 Å². The summed E-state index contributed by atoms with van der Waals surface area (Å²) in [5.41, 5.74) is 0. The molecule has 0 radical (unpaired) electrons. The van der Waals surface area contributed by atoms with Crippen molar-refractivity contribution >= 4 is 0 Å². The predicted molar refractivity (Wildman–Crippen MR) is 41.8 cm³/mol. The van der Waals surface area contributed by atoms with E-state index in [0.29, 0.717) is 0 Å². The van der Waals surface area contributed by atoms with Crippen molar-refractivity contribution in [2.45, 2.75) is 44.2 Å². The molecule has 0 aromatic heterocycles. The third-order valence-corrected chi connectivity index (χ3v) is 2.29. The molecule has 2 heterocycles. The third kappa shape index (κ3) is 1.47. The molecule has 13 heavy (non-hydrogen) atoms. The van der Waals surface area contributed by atoms with Crippen molar-refractivity contribution in [2.75, 3.05) is 6.61 Å². The SMILES string of the molecule is CC1(C)O[C@@H]2O[C@H](CO)C(O)[C@@H]2O1. The van der Waals surface area contributed by atoms with Crippen molar-refractivity contribution < 1.29 is 24.4 Å². The van der Waals surface area contributed by atoms with E-state index in [4.69, 9.17) is 19.3 Å². The van der Waals surface area contributed by atoms with Gasteiger partial charge in [-0.3, -0.25) is 0 Å². The van der Waals surface area contributed by atoms with E-state index in [1.54, 1.807) is 13.8 Å². The Bertz CT molecular complexity index is 205. The predicted octanol–water partition coefficient (Wildman–Crippen LogP) is -0.784. The standard InChI is InChI=1S/C8H14O5/c1-8(2)12-6-5(10)4(3-9)11-7(6)13-8/h4-7,9-10H,3H2,1-2H3/t4-,5?,6+,7+/m1/s1. The number of aliphatic hydroxyl groups excluding tert-OH is 2. The highest BCUT2D eigenvalue weighted by atomic mass is 16.8. The molecule has 4 atom stereocenters. The van der Waals surface area contributed by atoms with Gasteiger partial charge >= 0.3 is 0 Å². The van der Waals surface area contributed by atoms with Crippen LogP contribution < -0.4 is 0 Å². The zero-order valence-corrected chi connectivity index (χ0v) is 7.64. The van der Waals surface area contributed by atoms with E-state index in [0.717, 1.165) is 0 Å². The van der Waals surface area contributed by atoms with Gasteiger partial charge < -0.3 is 24.4 Å². The van der Waals surface area contributed by atoms with Crippen molar-refractivity contribution in [2.24, 2.45) is 0 Å². The number of ether oxygens (including phenoxy) is 3. The van der Waals surface area contributed by atoms with E-state index in [-0.39, 0.29) is 6.61 Å². The second-order valence-corrected chi connectivity index (χ2v) is 3.82. The summed E-state index contributed by atoms with van der Waals surface area (Å²) >= 11 is 0. The van der Waals surface area contributed by atoms with E-state index in [9.17, 15) is 5.11 Å². The Morgan fingerprint density at radius 3 is 2.54 bits per heavy atom. The Labute approximate surface area is 76.2 Å². The lowest BCUT2D eigenvalue weighted by Crippen LogP contribution is -2.36. The normalized spacial score (nSPS) is 48.0. The molecule has 0 spiro atoms. The maximum Gasteiger partial charge on any atom is 0.190 e. The van der Waals surface area contributed by atoms with Crippen molar-refractivity contribution in [3.05, 3.63) is 0 Å². The molecule has 2 aliphatic rings. The van der Waals surface area contributed by atoms with E-state index in [2.05, 4.69) is 0 Å². The molecule has 2 aliphatic heterocycles. The maximum atomic E-state index is 9.60. The minimum atomic E-state index is -0.809. The summed E-state index contributed by atoms with van der Waals surface area (Å²) in [4.78, 5) is 0. The Kier molecular flexibility index (Phi) is 2.08. The molecule has 1 unspecified atom stereocenters. The molecule has 0 bridgehead atoms. The Morgan fingerprint density at radius 1 is 1.31 bits per heavy atom. The number of fused-ring (bicyclic) bond motifs is 1. The fourth-order valence-electron chi connectivity index (χ4n) is 1.71. The molecule has 0 aliphatic carbocycles. The van der Waals surface area contributed by atoms with Gasteiger partial charge in [-0.2, -0.15) is 0 Å². The zero-order valence-electron chi connectivity index (χ0n) is 7.64. The number of aliphatic hydroxyl groups is 2. The Hall–Kier alpha value is -0.200. The summed E-state index contributed by atoms with van der Waals surface area (Å²) in [5.74, 6) is -0.712. The first-order valence-electron chi connectivity index (χ1n) is 4.33. The van der Waals surface area contributed by atoms with Gasteiger partial charge in [0.25, 0.3) is 0 Å². The van der Waals surface area contributed by atoms with Gasteiger partial charge in [0.15, 0.2) is 12.1 Å². The monoisotopic (exact) mass is 190 g/mol. The van der Waals surface area contributed by atoms with Crippen LogP contribution in [0.5, 0.6) is 0 Å².